The number of carbonyl (C=O) groups is 4. The number of fused-ring (bicyclic) bond motifs is 3. The van der Waals surface area contributed by atoms with Crippen molar-refractivity contribution >= 4 is 48.5 Å². The molecule has 2 saturated heterocycles. The van der Waals surface area contributed by atoms with Crippen LogP contribution in [0.1, 0.15) is 49.3 Å². The third-order valence-corrected chi connectivity index (χ3v) is 16.8. The number of unbranched alkanes of at least 4 members (excludes halogenated alkanes) is 1. The molecule has 5 atom stereocenters. The Kier molecular flexibility index (Phi) is 10.8. The summed E-state index contributed by atoms with van der Waals surface area (Å²) < 4.78 is 22.9. The minimum absolute atomic E-state index is 0.0297. The smallest absolute Gasteiger partial charge is 0.414 e. The second kappa shape index (κ2) is 15.4. The molecule has 1 N–H and O–H groups in total. The van der Waals surface area contributed by atoms with Gasteiger partial charge in [-0.05, 0) is 66.3 Å². The number of ether oxygens (including phenoxy) is 4. The number of carbonyl (C=O) groups excluding carboxylic acids is 4. The van der Waals surface area contributed by atoms with Gasteiger partial charge in [-0.3, -0.25) is 19.3 Å². The second-order valence-electron chi connectivity index (χ2n) is 15.6. The Bertz CT molecular complexity index is 1950. The monoisotopic (exact) mass is 769 g/mol. The number of hydrogen-bond acceptors (Lipinski definition) is 9. The van der Waals surface area contributed by atoms with E-state index in [1.807, 2.05) is 54.6 Å². The molecule has 0 bridgehead atoms. The summed E-state index contributed by atoms with van der Waals surface area (Å²) >= 11 is 0. The molecule has 12 nitrogen and oxygen atoms in total. The molecule has 1 spiro atoms. The van der Waals surface area contributed by atoms with Crippen LogP contribution in [0.4, 0.5) is 16.2 Å². The van der Waals surface area contributed by atoms with E-state index in [9.17, 15) is 19.5 Å². The quantitative estimate of drug-likeness (QED) is 0.155. The van der Waals surface area contributed by atoms with Gasteiger partial charge in [-0.15, -0.1) is 0 Å². The van der Waals surface area contributed by atoms with Crippen LogP contribution in [-0.4, -0.2) is 94.6 Å². The molecule has 7 rings (SSSR count). The topological polar surface area (TPSA) is 135 Å². The van der Waals surface area contributed by atoms with Crippen molar-refractivity contribution in [2.75, 3.05) is 50.3 Å². The van der Waals surface area contributed by atoms with Crippen molar-refractivity contribution in [3.63, 3.8) is 0 Å². The lowest BCUT2D eigenvalue weighted by molar-refractivity contribution is -0.151. The van der Waals surface area contributed by atoms with Crippen molar-refractivity contribution in [3.8, 4) is 5.75 Å². The summed E-state index contributed by atoms with van der Waals surface area (Å²) in [5.74, 6) is -0.290. The maximum absolute atomic E-state index is 15.2. The zero-order valence-electron chi connectivity index (χ0n) is 32.3. The van der Waals surface area contributed by atoms with Gasteiger partial charge < -0.3 is 33.9 Å². The number of aliphatic hydroxyl groups is 1. The zero-order chi connectivity index (χ0) is 39.1. The number of aliphatic hydroxyl groups excluding tert-OH is 1. The van der Waals surface area contributed by atoms with Gasteiger partial charge in [-0.2, -0.15) is 0 Å². The number of methoxy groups -OCH3 is 2. The van der Waals surface area contributed by atoms with Crippen molar-refractivity contribution < 1.29 is 43.2 Å². The van der Waals surface area contributed by atoms with Crippen LogP contribution in [0.5, 0.6) is 5.75 Å². The number of benzene rings is 3. The molecule has 0 radical (unpaired) electrons. The zero-order valence-corrected chi connectivity index (χ0v) is 33.3. The minimum Gasteiger partial charge on any atom is -0.497 e. The van der Waals surface area contributed by atoms with Crippen LogP contribution < -0.4 is 19.7 Å². The highest BCUT2D eigenvalue weighted by Crippen LogP contribution is 2.60. The van der Waals surface area contributed by atoms with Gasteiger partial charge >= 0.3 is 12.1 Å². The summed E-state index contributed by atoms with van der Waals surface area (Å²) in [4.78, 5) is 59.6. The number of rotatable bonds is 12. The van der Waals surface area contributed by atoms with Gasteiger partial charge in [-0.25, -0.2) is 4.79 Å². The standard InChI is InChI=1S/C42H51N3O9Si/c1-27-39(55(4,5)33-16-14-32(51-2)15-17-33)36(24-37(47)45-25-29-11-7-6-10-28(29)22-31(45)26-46)54-42(27)34-23-30(43-20-21-53-41(43)50)13-18-35(34)44(40(42)49)19-9-8-12-38(48)52-3/h6-7,10-11,13-18,23,27,31,36,39,46H,8-9,12,19-22,24-26H2,1-5H3/t27-,31+,36+,39-,42+/m1/s1. The Balaban J connectivity index is 1.30. The largest absolute Gasteiger partial charge is 0.497 e. The van der Waals surface area contributed by atoms with Gasteiger partial charge in [0.1, 0.15) is 12.4 Å². The predicted octanol–water partition coefficient (Wildman–Crippen LogP) is 4.89. The van der Waals surface area contributed by atoms with Crippen LogP contribution >= 0.6 is 0 Å². The molecule has 4 heterocycles. The highest BCUT2D eigenvalue weighted by molar-refractivity contribution is 6.91. The van der Waals surface area contributed by atoms with E-state index in [1.165, 1.54) is 7.11 Å². The lowest BCUT2D eigenvalue weighted by Gasteiger charge is -2.39. The fourth-order valence-corrected chi connectivity index (χ4v) is 13.5. The van der Waals surface area contributed by atoms with E-state index in [1.54, 1.807) is 21.8 Å². The van der Waals surface area contributed by atoms with E-state index in [-0.39, 0.29) is 61.3 Å². The summed E-state index contributed by atoms with van der Waals surface area (Å²) in [7, 11) is 0.417. The molecule has 0 aliphatic carbocycles. The molecule has 55 heavy (non-hydrogen) atoms. The number of hydrogen-bond donors (Lipinski definition) is 1. The highest BCUT2D eigenvalue weighted by atomic mass is 28.3. The first-order valence-electron chi connectivity index (χ1n) is 19.2. The maximum Gasteiger partial charge on any atom is 0.414 e. The molecule has 0 unspecified atom stereocenters. The highest BCUT2D eigenvalue weighted by Gasteiger charge is 2.66. The fraction of sp³-hybridized carbons (Fsp3) is 0.476. The number of anilines is 2. The third kappa shape index (κ3) is 6.80. The van der Waals surface area contributed by atoms with E-state index in [2.05, 4.69) is 32.2 Å². The molecule has 3 aromatic carbocycles. The number of nitrogens with zero attached hydrogens (tertiary/aromatic N) is 3. The van der Waals surface area contributed by atoms with Gasteiger partial charge in [0.2, 0.25) is 5.91 Å². The molecule has 4 aliphatic rings. The first-order valence-corrected chi connectivity index (χ1v) is 22.3. The fourth-order valence-electron chi connectivity index (χ4n) is 9.49. The molecule has 13 heteroatoms. The van der Waals surface area contributed by atoms with Crippen LogP contribution in [-0.2, 0) is 47.2 Å². The van der Waals surface area contributed by atoms with Gasteiger partial charge in [0.25, 0.3) is 5.91 Å². The SMILES string of the molecule is COC(=O)CCCCN1C(=O)[C@@]2(O[C@@H](CC(=O)N3Cc4ccccc4C[C@H]3CO)[C@H]([Si](C)(C)c3ccc(OC)cc3)[C@H]2C)c2cc(N3CCOC3=O)ccc21. The van der Waals surface area contributed by atoms with E-state index in [0.29, 0.717) is 55.8 Å². The van der Waals surface area contributed by atoms with Crippen LogP contribution in [0.2, 0.25) is 18.6 Å². The average Bonchev–Trinajstić information content (AvgIpc) is 3.83. The van der Waals surface area contributed by atoms with Crippen molar-refractivity contribution in [2.24, 2.45) is 5.92 Å². The summed E-state index contributed by atoms with van der Waals surface area (Å²) in [5, 5.41) is 11.6. The van der Waals surface area contributed by atoms with Crippen molar-refractivity contribution in [2.45, 2.75) is 82.0 Å². The number of amides is 3. The summed E-state index contributed by atoms with van der Waals surface area (Å²) in [5.41, 5.74) is 2.48. The van der Waals surface area contributed by atoms with Crippen LogP contribution in [0.15, 0.2) is 66.7 Å². The maximum atomic E-state index is 15.2. The average molecular weight is 770 g/mol. The van der Waals surface area contributed by atoms with Gasteiger partial charge in [0.05, 0.1) is 59.7 Å². The summed E-state index contributed by atoms with van der Waals surface area (Å²) in [6.07, 6.45) is 0.827. The summed E-state index contributed by atoms with van der Waals surface area (Å²) in [6, 6.07) is 21.3. The summed E-state index contributed by atoms with van der Waals surface area (Å²) in [6.45, 7) is 7.83. The normalized spacial score (nSPS) is 24.6. The molecule has 4 aliphatic heterocycles. The second-order valence-corrected chi connectivity index (χ2v) is 20.3. The third-order valence-electron chi connectivity index (χ3n) is 12.4. The van der Waals surface area contributed by atoms with E-state index in [0.717, 1.165) is 22.1 Å². The predicted molar refractivity (Wildman–Crippen MR) is 209 cm³/mol. The number of esters is 1. The van der Waals surface area contributed by atoms with Crippen molar-refractivity contribution in [3.05, 3.63) is 83.4 Å². The minimum atomic E-state index is -2.58. The Morgan fingerprint density at radius 2 is 1.75 bits per heavy atom. The Labute approximate surface area is 323 Å². The Morgan fingerprint density at radius 3 is 2.42 bits per heavy atom. The van der Waals surface area contributed by atoms with E-state index < -0.39 is 25.9 Å². The molecule has 2 fully saturated rings. The first kappa shape index (κ1) is 38.5. The van der Waals surface area contributed by atoms with Crippen molar-refractivity contribution in [1.29, 1.82) is 0 Å². The molecular weight excluding hydrogens is 719 g/mol. The van der Waals surface area contributed by atoms with Crippen LogP contribution in [0, 0.1) is 5.92 Å². The van der Waals surface area contributed by atoms with Crippen molar-refractivity contribution in [1.82, 2.24) is 4.90 Å². The lowest BCUT2D eigenvalue weighted by atomic mass is 9.82. The molecule has 0 aromatic heterocycles. The van der Waals surface area contributed by atoms with Gasteiger partial charge in [-0.1, -0.05) is 61.6 Å². The Morgan fingerprint density at radius 1 is 1.00 bits per heavy atom. The van der Waals surface area contributed by atoms with Crippen LogP contribution in [0.3, 0.4) is 0 Å². The molecule has 3 aromatic rings. The van der Waals surface area contributed by atoms with Crippen LogP contribution in [0.25, 0.3) is 0 Å². The first-order chi connectivity index (χ1) is 26.4. The number of cyclic esters (lactones) is 1. The van der Waals surface area contributed by atoms with E-state index >= 15 is 4.79 Å². The molecule has 0 saturated carbocycles. The lowest BCUT2D eigenvalue weighted by Crippen LogP contribution is -2.52. The van der Waals surface area contributed by atoms with Gasteiger partial charge in [0, 0.05) is 36.7 Å². The molecule has 292 valence electrons. The molecular formula is C42H51N3O9Si. The van der Waals surface area contributed by atoms with Gasteiger partial charge in [0.15, 0.2) is 5.60 Å². The van der Waals surface area contributed by atoms with E-state index in [4.69, 9.17) is 18.9 Å². The Hall–Kier alpha value is -4.72. The molecule has 3 amide bonds.